The number of nitrogens with zero attached hydrogens (tertiary/aromatic N) is 2. The SMILES string of the molecule is CC1NNC(C)C1CNc1ccc(C#N)cn1. The lowest BCUT2D eigenvalue weighted by Gasteiger charge is -2.18. The van der Waals surface area contributed by atoms with Gasteiger partial charge in [0.05, 0.1) is 5.56 Å². The van der Waals surface area contributed by atoms with Crippen LogP contribution in [-0.4, -0.2) is 23.6 Å². The maximum absolute atomic E-state index is 8.67. The van der Waals surface area contributed by atoms with Crippen molar-refractivity contribution in [3.05, 3.63) is 23.9 Å². The highest BCUT2D eigenvalue weighted by Crippen LogP contribution is 2.15. The van der Waals surface area contributed by atoms with E-state index in [1.165, 1.54) is 0 Å². The summed E-state index contributed by atoms with van der Waals surface area (Å²) < 4.78 is 0. The van der Waals surface area contributed by atoms with Crippen LogP contribution in [0.3, 0.4) is 0 Å². The molecule has 1 saturated heterocycles. The van der Waals surface area contributed by atoms with Crippen LogP contribution in [0.4, 0.5) is 5.82 Å². The van der Waals surface area contributed by atoms with E-state index in [0.717, 1.165) is 12.4 Å². The zero-order valence-electron chi connectivity index (χ0n) is 10.1. The highest BCUT2D eigenvalue weighted by atomic mass is 15.4. The van der Waals surface area contributed by atoms with E-state index in [2.05, 4.69) is 41.1 Å². The molecule has 0 spiro atoms. The molecule has 3 N–H and O–H groups in total. The first-order chi connectivity index (χ1) is 8.20. The molecule has 5 nitrogen and oxygen atoms in total. The summed E-state index contributed by atoms with van der Waals surface area (Å²) in [6.45, 7) is 5.19. The van der Waals surface area contributed by atoms with Gasteiger partial charge in [-0.1, -0.05) is 0 Å². The topological polar surface area (TPSA) is 72.8 Å². The maximum Gasteiger partial charge on any atom is 0.125 e. The largest absolute Gasteiger partial charge is 0.370 e. The maximum atomic E-state index is 8.67. The third kappa shape index (κ3) is 2.73. The number of anilines is 1. The Morgan fingerprint density at radius 1 is 1.35 bits per heavy atom. The fourth-order valence-electron chi connectivity index (χ4n) is 2.05. The Hall–Kier alpha value is -1.64. The van der Waals surface area contributed by atoms with Gasteiger partial charge in [-0.2, -0.15) is 5.26 Å². The first kappa shape index (κ1) is 11.8. The number of rotatable bonds is 3. The number of nitriles is 1. The lowest BCUT2D eigenvalue weighted by Crippen LogP contribution is -2.30. The number of hydrogen-bond donors (Lipinski definition) is 3. The fraction of sp³-hybridized carbons (Fsp3) is 0.500. The molecule has 2 unspecified atom stereocenters. The van der Waals surface area contributed by atoms with Crippen molar-refractivity contribution in [1.29, 1.82) is 5.26 Å². The molecule has 0 amide bonds. The van der Waals surface area contributed by atoms with Crippen molar-refractivity contribution in [3.8, 4) is 6.07 Å². The van der Waals surface area contributed by atoms with E-state index in [-0.39, 0.29) is 0 Å². The van der Waals surface area contributed by atoms with Crippen LogP contribution in [0.5, 0.6) is 0 Å². The predicted octanol–water partition coefficient (Wildman–Crippen LogP) is 0.866. The van der Waals surface area contributed by atoms with Crippen molar-refractivity contribution in [1.82, 2.24) is 15.8 Å². The smallest absolute Gasteiger partial charge is 0.125 e. The average molecular weight is 231 g/mol. The first-order valence-corrected chi connectivity index (χ1v) is 5.82. The van der Waals surface area contributed by atoms with E-state index >= 15 is 0 Å². The van der Waals surface area contributed by atoms with Crippen LogP contribution in [0.1, 0.15) is 19.4 Å². The zero-order valence-corrected chi connectivity index (χ0v) is 10.1. The third-order valence-electron chi connectivity index (χ3n) is 3.23. The summed E-state index contributed by atoms with van der Waals surface area (Å²) in [5, 5.41) is 12.0. The molecule has 1 fully saturated rings. The minimum absolute atomic E-state index is 0.441. The number of hydrogen-bond acceptors (Lipinski definition) is 5. The Kier molecular flexibility index (Phi) is 3.57. The molecular formula is C12H17N5. The summed E-state index contributed by atoms with van der Waals surface area (Å²) in [5.74, 6) is 1.34. The van der Waals surface area contributed by atoms with Crippen LogP contribution >= 0.6 is 0 Å². The van der Waals surface area contributed by atoms with Crippen LogP contribution in [-0.2, 0) is 0 Å². The van der Waals surface area contributed by atoms with E-state index < -0.39 is 0 Å². The molecule has 2 heterocycles. The molecule has 0 aliphatic carbocycles. The minimum atomic E-state index is 0.441. The fourth-order valence-corrected chi connectivity index (χ4v) is 2.05. The standard InChI is InChI=1S/C12H17N5/c1-8-11(9(2)17-16-8)7-15-12-4-3-10(5-13)6-14-12/h3-4,6,8-9,11,16-17H,7H2,1-2H3,(H,14,15). The van der Waals surface area contributed by atoms with E-state index in [1.807, 2.05) is 6.07 Å². The molecule has 0 radical (unpaired) electrons. The van der Waals surface area contributed by atoms with Crippen LogP contribution < -0.4 is 16.2 Å². The summed E-state index contributed by atoms with van der Waals surface area (Å²) in [6, 6.07) is 6.54. The summed E-state index contributed by atoms with van der Waals surface area (Å²) in [7, 11) is 0. The van der Waals surface area contributed by atoms with Gasteiger partial charge in [-0.25, -0.2) is 4.98 Å². The number of pyridine rings is 1. The van der Waals surface area contributed by atoms with Gasteiger partial charge in [0.25, 0.3) is 0 Å². The second kappa shape index (κ2) is 5.13. The van der Waals surface area contributed by atoms with Gasteiger partial charge in [0.2, 0.25) is 0 Å². The van der Waals surface area contributed by atoms with Gasteiger partial charge in [0.15, 0.2) is 0 Å². The van der Waals surface area contributed by atoms with Gasteiger partial charge in [0, 0.05) is 30.7 Å². The highest BCUT2D eigenvalue weighted by Gasteiger charge is 2.29. The quantitative estimate of drug-likeness (QED) is 0.720. The van der Waals surface area contributed by atoms with Crippen LogP contribution in [0.25, 0.3) is 0 Å². The Bertz CT molecular complexity index is 398. The summed E-state index contributed by atoms with van der Waals surface area (Å²) >= 11 is 0. The Morgan fingerprint density at radius 3 is 2.59 bits per heavy atom. The lowest BCUT2D eigenvalue weighted by molar-refractivity contribution is 0.466. The second-order valence-electron chi connectivity index (χ2n) is 4.45. The number of nitrogens with one attached hydrogen (secondary N) is 3. The highest BCUT2D eigenvalue weighted by molar-refractivity contribution is 5.39. The molecule has 0 bridgehead atoms. The van der Waals surface area contributed by atoms with E-state index in [0.29, 0.717) is 23.6 Å². The molecule has 1 aromatic heterocycles. The van der Waals surface area contributed by atoms with Gasteiger partial charge in [-0.3, -0.25) is 10.9 Å². The molecule has 17 heavy (non-hydrogen) atoms. The monoisotopic (exact) mass is 231 g/mol. The molecule has 1 aliphatic rings. The van der Waals surface area contributed by atoms with Gasteiger partial charge < -0.3 is 5.32 Å². The first-order valence-electron chi connectivity index (χ1n) is 5.82. The van der Waals surface area contributed by atoms with Gasteiger partial charge in [-0.05, 0) is 26.0 Å². The zero-order chi connectivity index (χ0) is 12.3. The van der Waals surface area contributed by atoms with Crippen LogP contribution in [0.2, 0.25) is 0 Å². The number of hydrazine groups is 1. The minimum Gasteiger partial charge on any atom is -0.370 e. The molecule has 2 rings (SSSR count). The van der Waals surface area contributed by atoms with Gasteiger partial charge >= 0.3 is 0 Å². The molecule has 5 heteroatoms. The van der Waals surface area contributed by atoms with Crippen molar-refractivity contribution in [2.24, 2.45) is 5.92 Å². The van der Waals surface area contributed by atoms with Crippen molar-refractivity contribution in [2.75, 3.05) is 11.9 Å². The molecule has 0 saturated carbocycles. The molecule has 0 aromatic carbocycles. The van der Waals surface area contributed by atoms with Gasteiger partial charge in [-0.15, -0.1) is 0 Å². The Balaban J connectivity index is 1.91. The molecule has 1 aromatic rings. The molecule has 90 valence electrons. The van der Waals surface area contributed by atoms with Gasteiger partial charge in [0.1, 0.15) is 11.9 Å². The second-order valence-corrected chi connectivity index (χ2v) is 4.45. The van der Waals surface area contributed by atoms with E-state index in [4.69, 9.17) is 5.26 Å². The summed E-state index contributed by atoms with van der Waals surface area (Å²) in [6.07, 6.45) is 1.58. The van der Waals surface area contributed by atoms with Crippen molar-refractivity contribution < 1.29 is 0 Å². The molecular weight excluding hydrogens is 214 g/mol. The predicted molar refractivity (Wildman–Crippen MR) is 66.1 cm³/mol. The van der Waals surface area contributed by atoms with Crippen LogP contribution in [0, 0.1) is 17.2 Å². The summed E-state index contributed by atoms with van der Waals surface area (Å²) in [5.41, 5.74) is 7.03. The Morgan fingerprint density at radius 2 is 2.06 bits per heavy atom. The Labute approximate surface area is 101 Å². The third-order valence-corrected chi connectivity index (χ3v) is 3.23. The van der Waals surface area contributed by atoms with E-state index in [1.54, 1.807) is 12.3 Å². The van der Waals surface area contributed by atoms with Crippen molar-refractivity contribution in [2.45, 2.75) is 25.9 Å². The lowest BCUT2D eigenvalue weighted by atomic mass is 9.97. The van der Waals surface area contributed by atoms with Crippen molar-refractivity contribution >= 4 is 5.82 Å². The van der Waals surface area contributed by atoms with E-state index in [9.17, 15) is 0 Å². The average Bonchev–Trinajstić information content (AvgIpc) is 2.67. The number of aromatic nitrogens is 1. The normalized spacial score (nSPS) is 27.7. The summed E-state index contributed by atoms with van der Waals surface area (Å²) in [4.78, 5) is 4.19. The molecule has 1 aliphatic heterocycles. The molecule has 2 atom stereocenters. The van der Waals surface area contributed by atoms with Crippen molar-refractivity contribution in [3.63, 3.8) is 0 Å². The van der Waals surface area contributed by atoms with Crippen LogP contribution in [0.15, 0.2) is 18.3 Å².